The third-order valence-corrected chi connectivity index (χ3v) is 5.95. The van der Waals surface area contributed by atoms with Gasteiger partial charge in [-0.05, 0) is 66.2 Å². The summed E-state index contributed by atoms with van der Waals surface area (Å²) in [5.74, 6) is 1.30. The van der Waals surface area contributed by atoms with Gasteiger partial charge in [-0.3, -0.25) is 10.1 Å². The van der Waals surface area contributed by atoms with Crippen molar-refractivity contribution in [3.05, 3.63) is 70.7 Å². The van der Waals surface area contributed by atoms with Gasteiger partial charge in [0.05, 0.1) is 30.4 Å². The fraction of sp³-hybridized carbons (Fsp3) is 0.192. The van der Waals surface area contributed by atoms with Gasteiger partial charge in [0.1, 0.15) is 17.0 Å². The van der Waals surface area contributed by atoms with E-state index >= 15 is 0 Å². The van der Waals surface area contributed by atoms with E-state index in [1.807, 2.05) is 18.2 Å². The van der Waals surface area contributed by atoms with Crippen molar-refractivity contribution in [3.8, 4) is 23.0 Å². The van der Waals surface area contributed by atoms with Crippen LogP contribution in [0.2, 0.25) is 5.02 Å². The summed E-state index contributed by atoms with van der Waals surface area (Å²) in [6.45, 7) is 4.25. The second-order valence-corrected chi connectivity index (χ2v) is 8.89. The molecule has 4 aromatic rings. The molecule has 0 fully saturated rings. The minimum Gasteiger partial charge on any atom is -0.497 e. The minimum absolute atomic E-state index is 0.111. The molecule has 0 saturated heterocycles. The zero-order valence-corrected chi connectivity index (χ0v) is 21.2. The molecule has 7 nitrogen and oxygen atoms in total. The van der Waals surface area contributed by atoms with Crippen LogP contribution in [0.1, 0.15) is 35.7 Å². The van der Waals surface area contributed by atoms with Crippen molar-refractivity contribution in [1.82, 2.24) is 10.3 Å². The second kappa shape index (κ2) is 10.3. The molecule has 0 aliphatic rings. The molecule has 0 unspecified atom stereocenters. The molecule has 1 amide bonds. The molecule has 180 valence electrons. The molecular formula is C26H24ClN3O4S. The zero-order chi connectivity index (χ0) is 25.1. The lowest BCUT2D eigenvalue weighted by molar-refractivity contribution is 0.0974. The Balaban J connectivity index is 1.53. The fourth-order valence-corrected chi connectivity index (χ4v) is 3.91. The third kappa shape index (κ3) is 5.39. The number of benzene rings is 3. The number of amides is 1. The van der Waals surface area contributed by atoms with E-state index in [2.05, 4.69) is 29.5 Å². The number of halogens is 1. The zero-order valence-electron chi connectivity index (χ0n) is 19.6. The van der Waals surface area contributed by atoms with Crippen LogP contribution in [0.3, 0.4) is 0 Å². The van der Waals surface area contributed by atoms with Crippen LogP contribution in [-0.2, 0) is 0 Å². The molecule has 1 heterocycles. The molecule has 0 saturated carbocycles. The minimum atomic E-state index is -0.420. The standard InChI is InChI=1S/C26H24ClN3O4S/c1-14(2)15-5-10-22-21(11-15)29-25(34-22)19-12-16(6-9-20(19)27)28-26(35)30-24(31)18-8-7-17(32-3)13-23(18)33-4/h5-14H,1-4H3,(H2,28,30,31,35). The van der Waals surface area contributed by atoms with Gasteiger partial charge in [-0.2, -0.15) is 0 Å². The number of ether oxygens (including phenoxy) is 2. The first kappa shape index (κ1) is 24.5. The largest absolute Gasteiger partial charge is 0.497 e. The number of nitrogens with zero attached hydrogens (tertiary/aromatic N) is 1. The summed E-state index contributed by atoms with van der Waals surface area (Å²) in [7, 11) is 3.02. The maximum Gasteiger partial charge on any atom is 0.261 e. The number of hydrogen-bond donors (Lipinski definition) is 2. The molecule has 0 atom stereocenters. The maximum atomic E-state index is 12.7. The summed E-state index contributed by atoms with van der Waals surface area (Å²) in [6, 6.07) is 16.1. The van der Waals surface area contributed by atoms with E-state index in [4.69, 9.17) is 37.7 Å². The molecule has 35 heavy (non-hydrogen) atoms. The van der Waals surface area contributed by atoms with Crippen LogP contribution < -0.4 is 20.1 Å². The van der Waals surface area contributed by atoms with E-state index in [1.54, 1.807) is 36.4 Å². The molecule has 9 heteroatoms. The number of carbonyl (C=O) groups is 1. The molecule has 0 radical (unpaired) electrons. The molecule has 0 bridgehead atoms. The predicted octanol–water partition coefficient (Wildman–Crippen LogP) is 6.42. The van der Waals surface area contributed by atoms with Crippen LogP contribution in [0.15, 0.2) is 59.0 Å². The molecule has 2 N–H and O–H groups in total. The highest BCUT2D eigenvalue weighted by Gasteiger charge is 2.17. The lowest BCUT2D eigenvalue weighted by Crippen LogP contribution is -2.34. The van der Waals surface area contributed by atoms with Crippen LogP contribution in [0.25, 0.3) is 22.6 Å². The van der Waals surface area contributed by atoms with Crippen LogP contribution in [-0.4, -0.2) is 30.2 Å². The van der Waals surface area contributed by atoms with Crippen molar-refractivity contribution in [2.75, 3.05) is 19.5 Å². The van der Waals surface area contributed by atoms with Crippen molar-refractivity contribution in [2.24, 2.45) is 0 Å². The maximum absolute atomic E-state index is 12.7. The molecule has 3 aromatic carbocycles. The van der Waals surface area contributed by atoms with Crippen LogP contribution in [0, 0.1) is 0 Å². The van der Waals surface area contributed by atoms with E-state index in [0.29, 0.717) is 50.7 Å². The SMILES string of the molecule is COc1ccc(C(=O)NC(=S)Nc2ccc(Cl)c(-c3nc4cc(C(C)C)ccc4o3)c2)c(OC)c1. The van der Waals surface area contributed by atoms with Crippen molar-refractivity contribution in [1.29, 1.82) is 0 Å². The first-order chi connectivity index (χ1) is 16.8. The molecule has 0 spiro atoms. The highest BCUT2D eigenvalue weighted by Crippen LogP contribution is 2.33. The number of aromatic nitrogens is 1. The van der Waals surface area contributed by atoms with Gasteiger partial charge in [-0.15, -0.1) is 0 Å². The summed E-state index contributed by atoms with van der Waals surface area (Å²) in [4.78, 5) is 17.4. The number of carbonyl (C=O) groups excluding carboxylic acids is 1. The quantitative estimate of drug-likeness (QED) is 0.290. The Morgan fingerprint density at radius 1 is 1.06 bits per heavy atom. The number of nitrogens with one attached hydrogen (secondary N) is 2. The lowest BCUT2D eigenvalue weighted by Gasteiger charge is -2.13. The summed E-state index contributed by atoms with van der Waals surface area (Å²) >= 11 is 11.8. The Hall–Kier alpha value is -3.62. The Morgan fingerprint density at radius 2 is 1.86 bits per heavy atom. The van der Waals surface area contributed by atoms with Gasteiger partial charge in [0.15, 0.2) is 10.7 Å². The number of thiocarbonyl (C=S) groups is 1. The molecule has 1 aromatic heterocycles. The van der Waals surface area contributed by atoms with Gasteiger partial charge in [0, 0.05) is 11.8 Å². The highest BCUT2D eigenvalue weighted by molar-refractivity contribution is 7.80. The normalized spacial score (nSPS) is 10.9. The van der Waals surface area contributed by atoms with Gasteiger partial charge in [0.2, 0.25) is 5.89 Å². The second-order valence-electron chi connectivity index (χ2n) is 8.07. The number of anilines is 1. The molecule has 0 aliphatic heterocycles. The van der Waals surface area contributed by atoms with Crippen LogP contribution in [0.4, 0.5) is 5.69 Å². The number of oxazole rings is 1. The lowest BCUT2D eigenvalue weighted by atomic mass is 10.0. The molecular weight excluding hydrogens is 486 g/mol. The first-order valence-corrected chi connectivity index (χ1v) is 11.6. The van der Waals surface area contributed by atoms with Gasteiger partial charge < -0.3 is 19.2 Å². The monoisotopic (exact) mass is 509 g/mol. The highest BCUT2D eigenvalue weighted by atomic mass is 35.5. The van der Waals surface area contributed by atoms with Crippen LogP contribution >= 0.6 is 23.8 Å². The summed E-state index contributed by atoms with van der Waals surface area (Å²) in [6.07, 6.45) is 0. The first-order valence-electron chi connectivity index (χ1n) is 10.8. The van der Waals surface area contributed by atoms with E-state index in [1.165, 1.54) is 19.8 Å². The Labute approximate surface area is 213 Å². The van der Waals surface area contributed by atoms with E-state index < -0.39 is 5.91 Å². The average molecular weight is 510 g/mol. The summed E-state index contributed by atoms with van der Waals surface area (Å²) in [5, 5.41) is 6.25. The van der Waals surface area contributed by atoms with Crippen LogP contribution in [0.5, 0.6) is 11.5 Å². The third-order valence-electron chi connectivity index (χ3n) is 5.41. The number of rotatable bonds is 6. The average Bonchev–Trinajstić information content (AvgIpc) is 3.27. The topological polar surface area (TPSA) is 85.6 Å². The smallest absolute Gasteiger partial charge is 0.261 e. The number of methoxy groups -OCH3 is 2. The van der Waals surface area contributed by atoms with E-state index in [9.17, 15) is 4.79 Å². The molecule has 0 aliphatic carbocycles. The fourth-order valence-electron chi connectivity index (χ4n) is 3.50. The Morgan fingerprint density at radius 3 is 2.57 bits per heavy atom. The summed E-state index contributed by atoms with van der Waals surface area (Å²) in [5.41, 5.74) is 4.15. The Bertz CT molecular complexity index is 1420. The van der Waals surface area contributed by atoms with Crippen molar-refractivity contribution < 1.29 is 18.7 Å². The molecule has 4 rings (SSSR count). The van der Waals surface area contributed by atoms with Gasteiger partial charge in [-0.25, -0.2) is 4.98 Å². The van der Waals surface area contributed by atoms with Gasteiger partial charge >= 0.3 is 0 Å². The summed E-state index contributed by atoms with van der Waals surface area (Å²) < 4.78 is 16.4. The van der Waals surface area contributed by atoms with Crippen molar-refractivity contribution >= 4 is 51.6 Å². The van der Waals surface area contributed by atoms with E-state index in [0.717, 1.165) is 5.52 Å². The van der Waals surface area contributed by atoms with Gasteiger partial charge in [-0.1, -0.05) is 31.5 Å². The van der Waals surface area contributed by atoms with E-state index in [-0.39, 0.29) is 5.11 Å². The number of fused-ring (bicyclic) bond motifs is 1. The van der Waals surface area contributed by atoms with Gasteiger partial charge in [0.25, 0.3) is 5.91 Å². The predicted molar refractivity (Wildman–Crippen MR) is 142 cm³/mol. The Kier molecular flexibility index (Phi) is 7.23. The van der Waals surface area contributed by atoms with Crippen molar-refractivity contribution in [3.63, 3.8) is 0 Å². The van der Waals surface area contributed by atoms with Crippen molar-refractivity contribution in [2.45, 2.75) is 19.8 Å². The number of hydrogen-bond acceptors (Lipinski definition) is 6.